The van der Waals surface area contributed by atoms with Crippen LogP contribution in [0, 0.1) is 5.92 Å². The molecular weight excluding hydrogens is 320 g/mol. The molecule has 0 spiro atoms. The summed E-state index contributed by atoms with van der Waals surface area (Å²) in [6, 6.07) is 6.53. The van der Waals surface area contributed by atoms with Gasteiger partial charge in [0, 0.05) is 31.3 Å². The molecule has 1 aromatic rings. The van der Waals surface area contributed by atoms with Crippen LogP contribution in [-0.2, 0) is 19.1 Å². The van der Waals surface area contributed by atoms with Gasteiger partial charge in [-0.3, -0.25) is 0 Å². The van der Waals surface area contributed by atoms with Crippen molar-refractivity contribution in [3.63, 3.8) is 0 Å². The first-order valence-corrected chi connectivity index (χ1v) is 6.90. The quantitative estimate of drug-likeness (QED) is 0.580. The Morgan fingerprint density at radius 2 is 1.25 bits per heavy atom. The van der Waals surface area contributed by atoms with E-state index in [2.05, 4.69) is 9.47 Å². The van der Waals surface area contributed by atoms with Gasteiger partial charge < -0.3 is 19.7 Å². The lowest BCUT2D eigenvalue weighted by Crippen LogP contribution is -2.04. The van der Waals surface area contributed by atoms with Crippen LogP contribution in [-0.4, -0.2) is 47.3 Å². The summed E-state index contributed by atoms with van der Waals surface area (Å²) in [4.78, 5) is 41.5. The summed E-state index contributed by atoms with van der Waals surface area (Å²) in [6.45, 7) is 1.94. The van der Waals surface area contributed by atoms with Crippen LogP contribution in [0.4, 0.5) is 0 Å². The number of benzene rings is 1. The first-order valence-electron chi connectivity index (χ1n) is 6.90. The van der Waals surface area contributed by atoms with Crippen LogP contribution in [0.2, 0.25) is 0 Å². The Morgan fingerprint density at radius 3 is 1.50 bits per heavy atom. The molecule has 0 atom stereocenters. The number of aliphatic hydroxyl groups is 2. The van der Waals surface area contributed by atoms with Crippen molar-refractivity contribution in [1.29, 1.82) is 0 Å². The highest BCUT2D eigenvalue weighted by Crippen LogP contribution is 2.18. The van der Waals surface area contributed by atoms with E-state index in [1.807, 2.05) is 0 Å². The SMILES string of the molecule is CC(CO)CO.O=C1C=CC(=O)O1.O=C1OC(=O)c2ccccc21. The molecule has 2 aliphatic heterocycles. The maximum atomic E-state index is 10.8. The highest BCUT2D eigenvalue weighted by molar-refractivity contribution is 6.14. The number of hydrogen-bond acceptors (Lipinski definition) is 8. The molecule has 8 nitrogen and oxygen atoms in total. The Bertz CT molecular complexity index is 609. The number of ether oxygens (including phenoxy) is 2. The third-order valence-electron chi connectivity index (χ3n) is 2.73. The lowest BCUT2D eigenvalue weighted by molar-refractivity contribution is -0.150. The minimum Gasteiger partial charge on any atom is -0.396 e. The van der Waals surface area contributed by atoms with Crippen LogP contribution >= 0.6 is 0 Å². The molecule has 0 aliphatic carbocycles. The van der Waals surface area contributed by atoms with Crippen LogP contribution in [0.25, 0.3) is 0 Å². The Balaban J connectivity index is 0.000000194. The summed E-state index contributed by atoms with van der Waals surface area (Å²) >= 11 is 0. The molecule has 2 heterocycles. The van der Waals surface area contributed by atoms with Crippen molar-refractivity contribution in [3.8, 4) is 0 Å². The highest BCUT2D eigenvalue weighted by Gasteiger charge is 2.28. The van der Waals surface area contributed by atoms with Gasteiger partial charge >= 0.3 is 23.9 Å². The van der Waals surface area contributed by atoms with E-state index >= 15 is 0 Å². The average Bonchev–Trinajstić information content (AvgIpc) is 3.10. The van der Waals surface area contributed by atoms with Crippen molar-refractivity contribution in [1.82, 2.24) is 0 Å². The van der Waals surface area contributed by atoms with Crippen molar-refractivity contribution < 1.29 is 38.9 Å². The summed E-state index contributed by atoms with van der Waals surface area (Å²) in [6.07, 6.45) is 2.17. The van der Waals surface area contributed by atoms with E-state index in [9.17, 15) is 19.2 Å². The summed E-state index contributed by atoms with van der Waals surface area (Å²) in [5.41, 5.74) is 0.718. The standard InChI is InChI=1S/C8H4O3.C4H2O3.C4H10O2/c9-7-5-3-1-2-4-6(5)8(10)11-7;5-3-1-2-4(6)7-3;1-4(2-5)3-6/h1-4H;1-2H;4-6H,2-3H2,1H3. The zero-order valence-electron chi connectivity index (χ0n) is 12.8. The molecule has 1 aromatic carbocycles. The van der Waals surface area contributed by atoms with E-state index < -0.39 is 23.9 Å². The van der Waals surface area contributed by atoms with E-state index in [1.54, 1.807) is 31.2 Å². The molecule has 0 unspecified atom stereocenters. The van der Waals surface area contributed by atoms with Crippen molar-refractivity contribution in [2.75, 3.05) is 13.2 Å². The Hall–Kier alpha value is -2.84. The molecule has 0 amide bonds. The van der Waals surface area contributed by atoms with Gasteiger partial charge in [-0.05, 0) is 12.1 Å². The van der Waals surface area contributed by atoms with Crippen molar-refractivity contribution in [2.45, 2.75) is 6.92 Å². The molecule has 0 radical (unpaired) electrons. The third kappa shape index (κ3) is 5.75. The predicted molar refractivity (Wildman–Crippen MR) is 79.8 cm³/mol. The zero-order chi connectivity index (χ0) is 18.1. The van der Waals surface area contributed by atoms with E-state index in [0.29, 0.717) is 11.1 Å². The van der Waals surface area contributed by atoms with Crippen LogP contribution in [0.5, 0.6) is 0 Å². The average molecular weight is 336 g/mol. The number of carbonyl (C=O) groups excluding carboxylic acids is 4. The number of cyclic esters (lactones) is 4. The van der Waals surface area contributed by atoms with E-state index in [-0.39, 0.29) is 19.1 Å². The summed E-state index contributed by atoms with van der Waals surface area (Å²) < 4.78 is 8.33. The Kier molecular flexibility index (Phi) is 7.47. The Labute approximate surface area is 137 Å². The lowest BCUT2D eigenvalue weighted by atomic mass is 10.1. The first kappa shape index (κ1) is 19.2. The maximum absolute atomic E-state index is 10.8. The second-order valence-corrected chi connectivity index (χ2v) is 4.77. The molecule has 2 aliphatic rings. The molecule has 128 valence electrons. The fourth-order valence-electron chi connectivity index (χ4n) is 1.39. The molecular formula is C16H16O8. The maximum Gasteiger partial charge on any atom is 0.346 e. The summed E-state index contributed by atoms with van der Waals surface area (Å²) in [7, 11) is 0. The van der Waals surface area contributed by atoms with Crippen molar-refractivity contribution in [3.05, 3.63) is 47.5 Å². The van der Waals surface area contributed by atoms with Gasteiger partial charge in [0.25, 0.3) is 0 Å². The normalized spacial score (nSPS) is 14.3. The van der Waals surface area contributed by atoms with E-state index in [4.69, 9.17) is 10.2 Å². The minimum absolute atomic E-state index is 0.0463. The number of aliphatic hydroxyl groups excluding tert-OH is 2. The first-order chi connectivity index (χ1) is 11.4. The number of esters is 4. The smallest absolute Gasteiger partial charge is 0.346 e. The second-order valence-electron chi connectivity index (χ2n) is 4.77. The molecule has 8 heteroatoms. The van der Waals surface area contributed by atoms with Crippen LogP contribution in [0.3, 0.4) is 0 Å². The predicted octanol–water partition coefficient (Wildman–Crippen LogP) is 0.230. The minimum atomic E-state index is -0.579. The van der Waals surface area contributed by atoms with Gasteiger partial charge in [0.2, 0.25) is 0 Å². The molecule has 0 fully saturated rings. The fraction of sp³-hybridized carbons (Fsp3) is 0.250. The fourth-order valence-corrected chi connectivity index (χ4v) is 1.39. The van der Waals surface area contributed by atoms with E-state index in [0.717, 1.165) is 12.2 Å². The largest absolute Gasteiger partial charge is 0.396 e. The Morgan fingerprint density at radius 1 is 0.833 bits per heavy atom. The molecule has 0 bridgehead atoms. The number of fused-ring (bicyclic) bond motifs is 1. The molecule has 2 N–H and O–H groups in total. The van der Waals surface area contributed by atoms with Crippen molar-refractivity contribution in [2.24, 2.45) is 5.92 Å². The highest BCUT2D eigenvalue weighted by atomic mass is 16.6. The van der Waals surface area contributed by atoms with Gasteiger partial charge in [0.15, 0.2) is 0 Å². The van der Waals surface area contributed by atoms with Gasteiger partial charge in [-0.15, -0.1) is 0 Å². The number of rotatable bonds is 2. The van der Waals surface area contributed by atoms with Gasteiger partial charge in [-0.2, -0.15) is 0 Å². The third-order valence-corrected chi connectivity index (χ3v) is 2.73. The molecule has 24 heavy (non-hydrogen) atoms. The topological polar surface area (TPSA) is 127 Å². The number of carbonyl (C=O) groups is 4. The molecule has 0 saturated carbocycles. The monoisotopic (exact) mass is 336 g/mol. The van der Waals surface area contributed by atoms with Crippen LogP contribution < -0.4 is 0 Å². The molecule has 0 aromatic heterocycles. The van der Waals surface area contributed by atoms with Gasteiger partial charge in [-0.1, -0.05) is 19.1 Å². The molecule has 0 saturated heterocycles. The van der Waals surface area contributed by atoms with Crippen molar-refractivity contribution >= 4 is 23.9 Å². The van der Waals surface area contributed by atoms with Gasteiger partial charge in [-0.25, -0.2) is 19.2 Å². The summed E-state index contributed by atoms with van der Waals surface area (Å²) in [5, 5.41) is 16.3. The van der Waals surface area contributed by atoms with E-state index in [1.165, 1.54) is 0 Å². The van der Waals surface area contributed by atoms with Crippen LogP contribution in [0.1, 0.15) is 27.6 Å². The second kappa shape index (κ2) is 9.33. The van der Waals surface area contributed by atoms with Crippen LogP contribution in [0.15, 0.2) is 36.4 Å². The summed E-state index contributed by atoms with van der Waals surface area (Å²) in [5.74, 6) is -2.21. The lowest BCUT2D eigenvalue weighted by Gasteiger charge is -1.97. The van der Waals surface area contributed by atoms with Gasteiger partial charge in [0.1, 0.15) is 0 Å². The molecule has 3 rings (SSSR count). The zero-order valence-corrected chi connectivity index (χ0v) is 12.8. The number of hydrogen-bond donors (Lipinski definition) is 2. The van der Waals surface area contributed by atoms with Gasteiger partial charge in [0.05, 0.1) is 11.1 Å².